The summed E-state index contributed by atoms with van der Waals surface area (Å²) in [6, 6.07) is 17.0. The van der Waals surface area contributed by atoms with Gasteiger partial charge in [0.2, 0.25) is 0 Å². The predicted octanol–water partition coefficient (Wildman–Crippen LogP) is 5.91. The Kier molecular flexibility index (Phi) is 7.35. The Balaban J connectivity index is 1.58. The number of ether oxygens (including phenoxy) is 2. The standard InChI is InChI=1S/C24H20F4O4/c25-19-8-4-16(5-9-19)22(15-23(29)30)17-6-10-20(11-7-17)31-12-13-32-21-3-1-2-18(14-21)24(26,27)28/h1-11,14,22H,12-13,15H2,(H,29,30). The first-order valence-corrected chi connectivity index (χ1v) is 9.72. The zero-order valence-corrected chi connectivity index (χ0v) is 16.8. The van der Waals surface area contributed by atoms with E-state index < -0.39 is 29.4 Å². The summed E-state index contributed by atoms with van der Waals surface area (Å²) in [6.45, 7) is 0.145. The monoisotopic (exact) mass is 448 g/mol. The van der Waals surface area contributed by atoms with Gasteiger partial charge in [-0.25, -0.2) is 4.39 Å². The number of carboxylic acids is 1. The van der Waals surface area contributed by atoms with Crippen molar-refractivity contribution in [2.45, 2.75) is 18.5 Å². The maximum absolute atomic E-state index is 13.2. The van der Waals surface area contributed by atoms with Gasteiger partial charge in [0.15, 0.2) is 0 Å². The summed E-state index contributed by atoms with van der Waals surface area (Å²) in [6.07, 6.45) is -4.60. The quantitative estimate of drug-likeness (QED) is 0.327. The Morgan fingerprint density at radius 3 is 1.97 bits per heavy atom. The second kappa shape index (κ2) is 10.2. The van der Waals surface area contributed by atoms with E-state index in [4.69, 9.17) is 9.47 Å². The summed E-state index contributed by atoms with van der Waals surface area (Å²) in [5, 5.41) is 9.24. The molecule has 3 aromatic rings. The summed E-state index contributed by atoms with van der Waals surface area (Å²) >= 11 is 0. The minimum atomic E-state index is -4.44. The third kappa shape index (κ3) is 6.47. The van der Waals surface area contributed by atoms with E-state index >= 15 is 0 Å². The molecule has 0 aliphatic rings. The lowest BCUT2D eigenvalue weighted by molar-refractivity contribution is -0.138. The molecule has 0 aliphatic heterocycles. The average molecular weight is 448 g/mol. The van der Waals surface area contributed by atoms with E-state index in [0.29, 0.717) is 11.3 Å². The van der Waals surface area contributed by atoms with Crippen molar-refractivity contribution in [3.05, 3.63) is 95.3 Å². The first kappa shape index (κ1) is 23.1. The van der Waals surface area contributed by atoms with Crippen molar-refractivity contribution >= 4 is 5.97 Å². The molecule has 0 radical (unpaired) electrons. The van der Waals surface area contributed by atoms with Crippen molar-refractivity contribution in [3.63, 3.8) is 0 Å². The van der Waals surface area contributed by atoms with E-state index in [9.17, 15) is 27.5 Å². The molecule has 0 bridgehead atoms. The van der Waals surface area contributed by atoms with Crippen LogP contribution in [-0.2, 0) is 11.0 Å². The Labute approximate surface area is 182 Å². The lowest BCUT2D eigenvalue weighted by Crippen LogP contribution is -2.11. The largest absolute Gasteiger partial charge is 0.490 e. The fourth-order valence-electron chi connectivity index (χ4n) is 3.18. The molecule has 1 unspecified atom stereocenters. The highest BCUT2D eigenvalue weighted by molar-refractivity contribution is 5.69. The van der Waals surface area contributed by atoms with Crippen LogP contribution in [0.2, 0.25) is 0 Å². The second-order valence-corrected chi connectivity index (χ2v) is 6.99. The van der Waals surface area contributed by atoms with Gasteiger partial charge in [-0.1, -0.05) is 30.3 Å². The van der Waals surface area contributed by atoms with Crippen molar-refractivity contribution < 1.29 is 36.9 Å². The van der Waals surface area contributed by atoms with Gasteiger partial charge in [0, 0.05) is 5.92 Å². The number of aliphatic carboxylic acids is 1. The van der Waals surface area contributed by atoms with Crippen LogP contribution in [0.1, 0.15) is 29.0 Å². The van der Waals surface area contributed by atoms with Crippen LogP contribution in [0.15, 0.2) is 72.8 Å². The fraction of sp³-hybridized carbons (Fsp3) is 0.208. The van der Waals surface area contributed by atoms with E-state index in [2.05, 4.69) is 0 Å². The number of carbonyl (C=O) groups is 1. The van der Waals surface area contributed by atoms with Crippen LogP contribution in [0.25, 0.3) is 0 Å². The average Bonchev–Trinajstić information content (AvgIpc) is 2.76. The van der Waals surface area contributed by atoms with E-state index in [0.717, 1.165) is 17.7 Å². The molecule has 1 atom stereocenters. The van der Waals surface area contributed by atoms with Crippen LogP contribution < -0.4 is 9.47 Å². The molecule has 3 aromatic carbocycles. The van der Waals surface area contributed by atoms with Crippen molar-refractivity contribution in [1.82, 2.24) is 0 Å². The zero-order chi connectivity index (χ0) is 23.1. The van der Waals surface area contributed by atoms with Crippen molar-refractivity contribution in [1.29, 1.82) is 0 Å². The molecule has 0 fully saturated rings. The molecule has 3 rings (SSSR count). The van der Waals surface area contributed by atoms with Crippen molar-refractivity contribution in [2.24, 2.45) is 0 Å². The van der Waals surface area contributed by atoms with Gasteiger partial charge in [-0.05, 0) is 53.6 Å². The summed E-state index contributed by atoms with van der Waals surface area (Å²) in [5.41, 5.74) is 0.618. The first-order valence-electron chi connectivity index (χ1n) is 9.72. The molecule has 0 aromatic heterocycles. The number of benzene rings is 3. The summed E-state index contributed by atoms with van der Waals surface area (Å²) in [7, 11) is 0. The second-order valence-electron chi connectivity index (χ2n) is 6.99. The highest BCUT2D eigenvalue weighted by Crippen LogP contribution is 2.31. The van der Waals surface area contributed by atoms with E-state index in [1.807, 2.05) is 0 Å². The Bertz CT molecular complexity index is 1030. The molecule has 0 saturated heterocycles. The third-order valence-corrected chi connectivity index (χ3v) is 4.72. The topological polar surface area (TPSA) is 55.8 Å². The number of carboxylic acid groups (broad SMARTS) is 1. The maximum Gasteiger partial charge on any atom is 0.416 e. The molecule has 4 nitrogen and oxygen atoms in total. The molecular weight excluding hydrogens is 428 g/mol. The third-order valence-electron chi connectivity index (χ3n) is 4.72. The molecule has 0 heterocycles. The lowest BCUT2D eigenvalue weighted by Gasteiger charge is -2.17. The lowest BCUT2D eigenvalue weighted by atomic mass is 9.88. The van der Waals surface area contributed by atoms with Gasteiger partial charge in [0.25, 0.3) is 0 Å². The summed E-state index contributed by atoms with van der Waals surface area (Å²) in [5.74, 6) is -1.25. The number of halogens is 4. The Morgan fingerprint density at radius 2 is 1.41 bits per heavy atom. The molecule has 0 aliphatic carbocycles. The van der Waals surface area contributed by atoms with Crippen molar-refractivity contribution in [3.8, 4) is 11.5 Å². The molecular formula is C24H20F4O4. The summed E-state index contributed by atoms with van der Waals surface area (Å²) in [4.78, 5) is 11.3. The smallest absolute Gasteiger partial charge is 0.416 e. The number of rotatable bonds is 9. The molecule has 8 heteroatoms. The fourth-order valence-corrected chi connectivity index (χ4v) is 3.18. The highest BCUT2D eigenvalue weighted by Gasteiger charge is 2.30. The van der Waals surface area contributed by atoms with Crippen LogP contribution in [0.4, 0.5) is 17.6 Å². The summed E-state index contributed by atoms with van der Waals surface area (Å²) < 4.78 is 62.3. The van der Waals surface area contributed by atoms with Crippen LogP contribution in [0.5, 0.6) is 11.5 Å². The van der Waals surface area contributed by atoms with Gasteiger partial charge in [-0.3, -0.25) is 4.79 Å². The highest BCUT2D eigenvalue weighted by atomic mass is 19.4. The van der Waals surface area contributed by atoms with Crippen LogP contribution in [0, 0.1) is 5.82 Å². The molecule has 0 amide bonds. The minimum absolute atomic E-state index is 0.0419. The number of hydrogen-bond acceptors (Lipinski definition) is 3. The molecule has 32 heavy (non-hydrogen) atoms. The van der Waals surface area contributed by atoms with Gasteiger partial charge in [0.1, 0.15) is 30.5 Å². The molecule has 0 spiro atoms. The number of hydrogen-bond donors (Lipinski definition) is 1. The van der Waals surface area contributed by atoms with Gasteiger partial charge in [0.05, 0.1) is 12.0 Å². The van der Waals surface area contributed by atoms with Crippen LogP contribution in [-0.4, -0.2) is 24.3 Å². The van der Waals surface area contributed by atoms with E-state index in [1.165, 1.54) is 24.3 Å². The van der Waals surface area contributed by atoms with Gasteiger partial charge in [-0.15, -0.1) is 0 Å². The molecule has 1 N–H and O–H groups in total. The van der Waals surface area contributed by atoms with E-state index in [1.54, 1.807) is 36.4 Å². The zero-order valence-electron chi connectivity index (χ0n) is 16.8. The predicted molar refractivity (Wildman–Crippen MR) is 109 cm³/mol. The van der Waals surface area contributed by atoms with E-state index in [-0.39, 0.29) is 25.4 Å². The van der Waals surface area contributed by atoms with Gasteiger partial charge in [-0.2, -0.15) is 13.2 Å². The Hall–Kier alpha value is -3.55. The molecule has 168 valence electrons. The van der Waals surface area contributed by atoms with Crippen LogP contribution >= 0.6 is 0 Å². The van der Waals surface area contributed by atoms with Gasteiger partial charge >= 0.3 is 12.1 Å². The Morgan fingerprint density at radius 1 is 0.844 bits per heavy atom. The molecule has 0 saturated carbocycles. The normalized spacial score (nSPS) is 12.2. The number of alkyl halides is 3. The SMILES string of the molecule is O=C(O)CC(c1ccc(F)cc1)c1ccc(OCCOc2cccc(C(F)(F)F)c2)cc1. The maximum atomic E-state index is 13.2. The first-order chi connectivity index (χ1) is 15.2. The minimum Gasteiger partial charge on any atom is -0.490 e. The van der Waals surface area contributed by atoms with Crippen LogP contribution in [0.3, 0.4) is 0 Å². The van der Waals surface area contributed by atoms with Gasteiger partial charge < -0.3 is 14.6 Å². The van der Waals surface area contributed by atoms with Crippen molar-refractivity contribution in [2.75, 3.05) is 13.2 Å².